The molecule has 1 rings (SSSR count). The number of carboxylic acids is 1. The van der Waals surface area contributed by atoms with Crippen molar-refractivity contribution in [2.45, 2.75) is 6.04 Å². The Labute approximate surface area is 142 Å². The third-order valence-electron chi connectivity index (χ3n) is 2.85. The highest BCUT2D eigenvalue weighted by molar-refractivity contribution is 5.97. The van der Waals surface area contributed by atoms with Crippen molar-refractivity contribution in [1.29, 1.82) is 0 Å². The molecule has 0 aliphatic rings. The standard InChI is InChI=1S/C14H18N6O5/c15-14(16)20-9-3-1-2-8(4-9)12(23)18-6-11(22)17-5-10(13(24)25)19-7-21/h1-4,7,10H,5-6H2,(H,17,22)(H,18,23)(H,19,21)(H,24,25)(H4,15,16,20)/t10-/m0/s1. The maximum absolute atomic E-state index is 12.0. The van der Waals surface area contributed by atoms with E-state index in [1.165, 1.54) is 12.1 Å². The summed E-state index contributed by atoms with van der Waals surface area (Å²) < 4.78 is 0. The molecule has 0 aliphatic carbocycles. The summed E-state index contributed by atoms with van der Waals surface area (Å²) in [5.74, 6) is -2.61. The normalized spacial score (nSPS) is 10.9. The van der Waals surface area contributed by atoms with E-state index in [2.05, 4.69) is 15.6 Å². The van der Waals surface area contributed by atoms with Gasteiger partial charge in [-0.2, -0.15) is 0 Å². The number of hydrogen-bond donors (Lipinski definition) is 6. The fourth-order valence-electron chi connectivity index (χ4n) is 1.71. The Morgan fingerprint density at radius 1 is 1.24 bits per heavy atom. The first-order valence-corrected chi connectivity index (χ1v) is 7.00. The molecular weight excluding hydrogens is 332 g/mol. The number of carboxylic acid groups (broad SMARTS) is 1. The van der Waals surface area contributed by atoms with Crippen LogP contribution in [0.2, 0.25) is 0 Å². The number of nitrogens with two attached hydrogens (primary N) is 2. The number of amides is 3. The summed E-state index contributed by atoms with van der Waals surface area (Å²) in [6, 6.07) is 4.84. The lowest BCUT2D eigenvalue weighted by molar-refractivity contribution is -0.140. The van der Waals surface area contributed by atoms with Crippen molar-refractivity contribution in [3.63, 3.8) is 0 Å². The summed E-state index contributed by atoms with van der Waals surface area (Å²) in [4.78, 5) is 48.5. The smallest absolute Gasteiger partial charge is 0.328 e. The summed E-state index contributed by atoms with van der Waals surface area (Å²) in [6.45, 7) is -0.693. The second kappa shape index (κ2) is 9.50. The molecule has 0 heterocycles. The number of guanidine groups is 1. The molecule has 0 saturated heterocycles. The quantitative estimate of drug-likeness (QED) is 0.163. The van der Waals surface area contributed by atoms with Gasteiger partial charge in [0.1, 0.15) is 6.04 Å². The van der Waals surface area contributed by atoms with Gasteiger partial charge in [-0.1, -0.05) is 6.07 Å². The third-order valence-corrected chi connectivity index (χ3v) is 2.85. The van der Waals surface area contributed by atoms with Gasteiger partial charge < -0.3 is 32.5 Å². The van der Waals surface area contributed by atoms with Crippen LogP contribution in [0.15, 0.2) is 29.3 Å². The molecule has 1 aromatic carbocycles. The molecule has 8 N–H and O–H groups in total. The Kier molecular flexibility index (Phi) is 7.38. The number of nitrogens with one attached hydrogen (secondary N) is 3. The SMILES string of the molecule is NC(N)=Nc1cccc(C(=O)NCC(=O)NC[C@H](NC=O)C(=O)O)c1. The van der Waals surface area contributed by atoms with Gasteiger partial charge in [0.2, 0.25) is 12.3 Å². The van der Waals surface area contributed by atoms with Gasteiger partial charge in [0.25, 0.3) is 5.91 Å². The van der Waals surface area contributed by atoms with Crippen molar-refractivity contribution >= 4 is 35.8 Å². The maximum Gasteiger partial charge on any atom is 0.328 e. The van der Waals surface area contributed by atoms with Gasteiger partial charge in [0, 0.05) is 12.1 Å². The van der Waals surface area contributed by atoms with Gasteiger partial charge in [0.15, 0.2) is 5.96 Å². The Hall–Kier alpha value is -3.63. The summed E-state index contributed by atoms with van der Waals surface area (Å²) >= 11 is 0. The number of benzene rings is 1. The highest BCUT2D eigenvalue weighted by Crippen LogP contribution is 2.13. The fraction of sp³-hybridized carbons (Fsp3) is 0.214. The van der Waals surface area contributed by atoms with Gasteiger partial charge in [-0.05, 0) is 18.2 Å². The summed E-state index contributed by atoms with van der Waals surface area (Å²) in [6.07, 6.45) is 0.219. The van der Waals surface area contributed by atoms with E-state index in [9.17, 15) is 19.2 Å². The first kappa shape index (κ1) is 19.4. The molecule has 11 nitrogen and oxygen atoms in total. The Morgan fingerprint density at radius 3 is 2.56 bits per heavy atom. The average Bonchev–Trinajstić information content (AvgIpc) is 2.55. The van der Waals surface area contributed by atoms with E-state index < -0.39 is 23.8 Å². The molecule has 0 spiro atoms. The number of aliphatic imine (C=N–C) groups is 1. The lowest BCUT2D eigenvalue weighted by Gasteiger charge is -2.12. The van der Waals surface area contributed by atoms with Gasteiger partial charge >= 0.3 is 5.97 Å². The van der Waals surface area contributed by atoms with Crippen molar-refractivity contribution in [3.8, 4) is 0 Å². The molecule has 0 unspecified atom stereocenters. The second-order valence-corrected chi connectivity index (χ2v) is 4.75. The summed E-state index contributed by atoms with van der Waals surface area (Å²) in [5, 5.41) is 15.5. The van der Waals surface area contributed by atoms with Crippen molar-refractivity contribution in [1.82, 2.24) is 16.0 Å². The van der Waals surface area contributed by atoms with Crippen LogP contribution in [0.1, 0.15) is 10.4 Å². The van der Waals surface area contributed by atoms with Crippen LogP contribution in [0.5, 0.6) is 0 Å². The summed E-state index contributed by atoms with van der Waals surface area (Å²) in [7, 11) is 0. The van der Waals surface area contributed by atoms with Crippen LogP contribution in [-0.4, -0.2) is 54.4 Å². The molecule has 1 atom stereocenters. The van der Waals surface area contributed by atoms with Crippen LogP contribution in [0.3, 0.4) is 0 Å². The molecule has 25 heavy (non-hydrogen) atoms. The molecule has 3 amide bonds. The minimum Gasteiger partial charge on any atom is -0.480 e. The maximum atomic E-state index is 12.0. The zero-order valence-corrected chi connectivity index (χ0v) is 13.1. The van der Waals surface area contributed by atoms with Crippen molar-refractivity contribution in [2.75, 3.05) is 13.1 Å². The van der Waals surface area contributed by atoms with Crippen LogP contribution in [0.25, 0.3) is 0 Å². The lowest BCUT2D eigenvalue weighted by atomic mass is 10.2. The number of nitrogens with zero attached hydrogens (tertiary/aromatic N) is 1. The molecule has 11 heteroatoms. The van der Waals surface area contributed by atoms with Crippen LogP contribution in [-0.2, 0) is 14.4 Å². The second-order valence-electron chi connectivity index (χ2n) is 4.75. The predicted octanol–water partition coefficient (Wildman–Crippen LogP) is -2.36. The van der Waals surface area contributed by atoms with Crippen LogP contribution in [0, 0.1) is 0 Å². The fourth-order valence-corrected chi connectivity index (χ4v) is 1.71. The average molecular weight is 350 g/mol. The van der Waals surface area contributed by atoms with E-state index in [1.807, 2.05) is 5.32 Å². The third kappa shape index (κ3) is 6.99. The Balaban J connectivity index is 2.53. The molecule has 0 radical (unpaired) electrons. The minimum atomic E-state index is -1.30. The van der Waals surface area contributed by atoms with Crippen LogP contribution < -0.4 is 27.4 Å². The van der Waals surface area contributed by atoms with E-state index in [0.717, 1.165) is 0 Å². The zero-order chi connectivity index (χ0) is 18.8. The highest BCUT2D eigenvalue weighted by Gasteiger charge is 2.17. The number of carbonyl (C=O) groups is 4. The summed E-state index contributed by atoms with van der Waals surface area (Å²) in [5.41, 5.74) is 11.1. The van der Waals surface area contributed by atoms with Crippen LogP contribution in [0.4, 0.5) is 5.69 Å². The lowest BCUT2D eigenvalue weighted by Crippen LogP contribution is -2.47. The molecular formula is C14H18N6O5. The van der Waals surface area contributed by atoms with Gasteiger partial charge in [-0.25, -0.2) is 9.79 Å². The van der Waals surface area contributed by atoms with Crippen LogP contribution >= 0.6 is 0 Å². The predicted molar refractivity (Wildman–Crippen MR) is 87.9 cm³/mol. The van der Waals surface area contributed by atoms with Crippen molar-refractivity contribution in [2.24, 2.45) is 16.5 Å². The van der Waals surface area contributed by atoms with E-state index in [-0.39, 0.29) is 31.0 Å². The number of rotatable bonds is 9. The number of hydrogen-bond acceptors (Lipinski definition) is 5. The van der Waals surface area contributed by atoms with Crippen molar-refractivity contribution < 1.29 is 24.3 Å². The largest absolute Gasteiger partial charge is 0.480 e. The molecule has 0 aromatic heterocycles. The minimum absolute atomic E-state index is 0.158. The van der Waals surface area contributed by atoms with Crippen molar-refractivity contribution in [3.05, 3.63) is 29.8 Å². The Bertz CT molecular complexity index is 686. The molecule has 134 valence electrons. The first-order chi connectivity index (χ1) is 11.8. The Morgan fingerprint density at radius 2 is 1.96 bits per heavy atom. The topological polar surface area (TPSA) is 189 Å². The number of aliphatic carboxylic acids is 1. The molecule has 0 aliphatic heterocycles. The molecule has 1 aromatic rings. The van der Waals surface area contributed by atoms with Gasteiger partial charge in [0.05, 0.1) is 12.2 Å². The van der Waals surface area contributed by atoms with E-state index in [0.29, 0.717) is 5.69 Å². The monoisotopic (exact) mass is 350 g/mol. The van der Waals surface area contributed by atoms with Gasteiger partial charge in [-0.15, -0.1) is 0 Å². The van der Waals surface area contributed by atoms with E-state index in [4.69, 9.17) is 16.6 Å². The molecule has 0 fully saturated rings. The zero-order valence-electron chi connectivity index (χ0n) is 13.1. The highest BCUT2D eigenvalue weighted by atomic mass is 16.4. The first-order valence-electron chi connectivity index (χ1n) is 7.00. The van der Waals surface area contributed by atoms with E-state index in [1.54, 1.807) is 12.1 Å². The van der Waals surface area contributed by atoms with Gasteiger partial charge in [-0.3, -0.25) is 14.4 Å². The van der Waals surface area contributed by atoms with E-state index >= 15 is 0 Å². The number of carbonyl (C=O) groups excluding carboxylic acids is 3. The molecule has 0 bridgehead atoms. The molecule has 0 saturated carbocycles.